The monoisotopic (exact) mass is 275 g/mol. The average Bonchev–Trinajstić information content (AvgIpc) is 2.75. The molecule has 2 nitrogen and oxygen atoms in total. The zero-order chi connectivity index (χ0) is 14.2. The summed E-state index contributed by atoms with van der Waals surface area (Å²) in [7, 11) is 1.73. The highest BCUT2D eigenvalue weighted by Crippen LogP contribution is 2.39. The molecule has 0 bridgehead atoms. The van der Waals surface area contributed by atoms with E-state index >= 15 is 0 Å². The van der Waals surface area contributed by atoms with Crippen LogP contribution < -0.4 is 10.5 Å². The van der Waals surface area contributed by atoms with Gasteiger partial charge in [0.15, 0.2) is 0 Å². The minimum atomic E-state index is 0.587. The number of hydrogen-bond donors (Lipinski definition) is 1. The van der Waals surface area contributed by atoms with Crippen LogP contribution in [-0.2, 0) is 6.54 Å². The maximum atomic E-state index is 5.87. The number of rotatable bonds is 3. The summed E-state index contributed by atoms with van der Waals surface area (Å²) in [4.78, 5) is 1.33. The maximum Gasteiger partial charge on any atom is 0.124 e. The summed E-state index contributed by atoms with van der Waals surface area (Å²) in [6, 6.07) is 2.22. The van der Waals surface area contributed by atoms with Crippen molar-refractivity contribution in [3.05, 3.63) is 38.6 Å². The number of benzene rings is 1. The number of ether oxygens (including phenoxy) is 1. The first-order valence-electron chi connectivity index (χ1n) is 6.43. The Kier molecular flexibility index (Phi) is 3.97. The third-order valence-corrected chi connectivity index (χ3v) is 4.73. The van der Waals surface area contributed by atoms with Crippen molar-refractivity contribution in [2.24, 2.45) is 5.73 Å². The molecule has 0 fully saturated rings. The number of nitrogens with two attached hydrogens (primary N) is 1. The second-order valence-corrected chi connectivity index (χ2v) is 6.00. The predicted octanol–water partition coefficient (Wildman–Crippen LogP) is 4.12. The highest BCUT2D eigenvalue weighted by atomic mass is 32.1. The van der Waals surface area contributed by atoms with E-state index in [0.29, 0.717) is 6.54 Å². The van der Waals surface area contributed by atoms with Crippen molar-refractivity contribution in [2.45, 2.75) is 34.2 Å². The molecule has 0 atom stereocenters. The van der Waals surface area contributed by atoms with Crippen LogP contribution >= 0.6 is 11.3 Å². The molecule has 0 aliphatic carbocycles. The van der Waals surface area contributed by atoms with Gasteiger partial charge in [0, 0.05) is 17.0 Å². The van der Waals surface area contributed by atoms with E-state index in [1.807, 2.05) is 0 Å². The molecule has 1 aromatic carbocycles. The third kappa shape index (κ3) is 2.28. The Balaban J connectivity index is 2.73. The fourth-order valence-corrected chi connectivity index (χ4v) is 3.54. The zero-order valence-corrected chi connectivity index (χ0v) is 13.1. The van der Waals surface area contributed by atoms with Gasteiger partial charge in [0.2, 0.25) is 0 Å². The van der Waals surface area contributed by atoms with Crippen LogP contribution in [0.4, 0.5) is 0 Å². The van der Waals surface area contributed by atoms with Gasteiger partial charge in [-0.1, -0.05) is 0 Å². The lowest BCUT2D eigenvalue weighted by Gasteiger charge is -2.16. The number of aryl methyl sites for hydroxylation is 2. The molecule has 0 aliphatic rings. The maximum absolute atomic E-state index is 5.87. The SMILES string of the molecule is COc1c(C)cc(-c2c(CN)csc2C)c(C)c1C. The molecule has 0 saturated heterocycles. The van der Waals surface area contributed by atoms with E-state index in [-0.39, 0.29) is 0 Å². The van der Waals surface area contributed by atoms with Gasteiger partial charge in [0.25, 0.3) is 0 Å². The highest BCUT2D eigenvalue weighted by molar-refractivity contribution is 7.10. The van der Waals surface area contributed by atoms with E-state index in [9.17, 15) is 0 Å². The molecule has 0 spiro atoms. The average molecular weight is 275 g/mol. The Morgan fingerprint density at radius 1 is 1.16 bits per heavy atom. The fraction of sp³-hybridized carbons (Fsp3) is 0.375. The van der Waals surface area contributed by atoms with Crippen molar-refractivity contribution in [1.82, 2.24) is 0 Å². The largest absolute Gasteiger partial charge is 0.496 e. The molecule has 3 heteroatoms. The lowest BCUT2D eigenvalue weighted by Crippen LogP contribution is -2.00. The molecule has 2 rings (SSSR count). The number of hydrogen-bond acceptors (Lipinski definition) is 3. The number of thiophene rings is 1. The molecule has 0 saturated carbocycles. The first kappa shape index (κ1) is 14.1. The van der Waals surface area contributed by atoms with Gasteiger partial charge in [-0.2, -0.15) is 0 Å². The van der Waals surface area contributed by atoms with Gasteiger partial charge in [-0.05, 0) is 67.0 Å². The van der Waals surface area contributed by atoms with Crippen LogP contribution in [0, 0.1) is 27.7 Å². The summed E-state index contributed by atoms with van der Waals surface area (Å²) in [5.41, 5.74) is 13.4. The smallest absolute Gasteiger partial charge is 0.124 e. The van der Waals surface area contributed by atoms with Gasteiger partial charge in [-0.3, -0.25) is 0 Å². The first-order chi connectivity index (χ1) is 9.01. The first-order valence-corrected chi connectivity index (χ1v) is 7.31. The van der Waals surface area contributed by atoms with Crippen molar-refractivity contribution < 1.29 is 4.74 Å². The molecule has 0 amide bonds. The molecule has 1 aromatic heterocycles. The van der Waals surface area contributed by atoms with Gasteiger partial charge < -0.3 is 10.5 Å². The summed E-state index contributed by atoms with van der Waals surface area (Å²) in [6.45, 7) is 9.12. The summed E-state index contributed by atoms with van der Waals surface area (Å²) in [5, 5.41) is 2.17. The van der Waals surface area contributed by atoms with Gasteiger partial charge in [0.1, 0.15) is 5.75 Å². The molecule has 0 unspecified atom stereocenters. The van der Waals surface area contributed by atoms with Gasteiger partial charge in [-0.25, -0.2) is 0 Å². The van der Waals surface area contributed by atoms with Crippen molar-refractivity contribution in [3.63, 3.8) is 0 Å². The Morgan fingerprint density at radius 3 is 2.42 bits per heavy atom. The zero-order valence-electron chi connectivity index (χ0n) is 12.3. The second kappa shape index (κ2) is 5.35. The standard InChI is InChI=1S/C16H21NOS/c1-9-6-14(10(2)11(3)16(9)18-5)15-12(4)19-8-13(15)7-17/h6,8H,7,17H2,1-5H3. The van der Waals surface area contributed by atoms with E-state index in [4.69, 9.17) is 10.5 Å². The Bertz CT molecular complexity index is 614. The normalized spacial score (nSPS) is 10.8. The molecular formula is C16H21NOS. The molecule has 102 valence electrons. The van der Waals surface area contributed by atoms with Crippen LogP contribution in [0.1, 0.15) is 27.1 Å². The predicted molar refractivity (Wildman–Crippen MR) is 83.1 cm³/mol. The van der Waals surface area contributed by atoms with Gasteiger partial charge >= 0.3 is 0 Å². The minimum Gasteiger partial charge on any atom is -0.496 e. The van der Waals surface area contributed by atoms with Crippen LogP contribution in [0.15, 0.2) is 11.4 Å². The molecule has 0 radical (unpaired) electrons. The van der Waals surface area contributed by atoms with Crippen molar-refractivity contribution in [2.75, 3.05) is 7.11 Å². The Morgan fingerprint density at radius 2 is 1.84 bits per heavy atom. The van der Waals surface area contributed by atoms with Crippen LogP contribution in [0.3, 0.4) is 0 Å². The topological polar surface area (TPSA) is 35.2 Å². The molecule has 0 aliphatic heterocycles. The van der Waals surface area contributed by atoms with Crippen molar-refractivity contribution >= 4 is 11.3 Å². The quantitative estimate of drug-likeness (QED) is 0.914. The van der Waals surface area contributed by atoms with Crippen LogP contribution in [-0.4, -0.2) is 7.11 Å². The minimum absolute atomic E-state index is 0.587. The van der Waals surface area contributed by atoms with Crippen molar-refractivity contribution in [3.8, 4) is 16.9 Å². The van der Waals surface area contributed by atoms with E-state index < -0.39 is 0 Å². The summed E-state index contributed by atoms with van der Waals surface area (Å²) in [5.74, 6) is 0.989. The second-order valence-electron chi connectivity index (χ2n) is 4.92. The lowest BCUT2D eigenvalue weighted by molar-refractivity contribution is 0.408. The van der Waals surface area contributed by atoms with E-state index in [1.165, 1.54) is 38.3 Å². The van der Waals surface area contributed by atoms with Crippen LogP contribution in [0.5, 0.6) is 5.75 Å². The van der Waals surface area contributed by atoms with E-state index in [2.05, 4.69) is 39.1 Å². The van der Waals surface area contributed by atoms with Crippen LogP contribution in [0.25, 0.3) is 11.1 Å². The molecule has 2 aromatic rings. The van der Waals surface area contributed by atoms with Crippen LogP contribution in [0.2, 0.25) is 0 Å². The molecule has 19 heavy (non-hydrogen) atoms. The highest BCUT2D eigenvalue weighted by Gasteiger charge is 2.16. The van der Waals surface area contributed by atoms with Crippen molar-refractivity contribution in [1.29, 1.82) is 0 Å². The molecule has 2 N–H and O–H groups in total. The summed E-state index contributed by atoms with van der Waals surface area (Å²) in [6.07, 6.45) is 0. The Hall–Kier alpha value is -1.32. The van der Waals surface area contributed by atoms with E-state index in [0.717, 1.165) is 5.75 Å². The van der Waals surface area contributed by atoms with Gasteiger partial charge in [-0.15, -0.1) is 11.3 Å². The lowest BCUT2D eigenvalue weighted by atomic mass is 9.92. The van der Waals surface area contributed by atoms with Gasteiger partial charge in [0.05, 0.1) is 7.11 Å². The Labute approximate surface area is 119 Å². The molecule has 1 heterocycles. The van der Waals surface area contributed by atoms with E-state index in [1.54, 1.807) is 18.4 Å². The molecular weight excluding hydrogens is 254 g/mol. The summed E-state index contributed by atoms with van der Waals surface area (Å²) >= 11 is 1.77. The third-order valence-electron chi connectivity index (χ3n) is 3.77. The fourth-order valence-electron chi connectivity index (χ4n) is 2.65. The summed E-state index contributed by atoms with van der Waals surface area (Å²) < 4.78 is 5.49. The number of methoxy groups -OCH3 is 1.